The molecule has 0 aliphatic carbocycles. The second-order valence-corrected chi connectivity index (χ2v) is 1.86. The van der Waals surface area contributed by atoms with E-state index in [2.05, 4.69) is 4.84 Å². The Balaban J connectivity index is 3.16. The fourth-order valence-electron chi connectivity index (χ4n) is 0.256. The van der Waals surface area contributed by atoms with Crippen LogP contribution in [0.3, 0.4) is 0 Å². The van der Waals surface area contributed by atoms with Gasteiger partial charge in [0.05, 0.1) is 0 Å². The lowest BCUT2D eigenvalue weighted by Crippen LogP contribution is -2.18. The lowest BCUT2D eigenvalue weighted by molar-refractivity contribution is -0.759. The highest BCUT2D eigenvalue weighted by Gasteiger charge is 2.00. The number of nitrogens with two attached hydrogens (primary N) is 1. The van der Waals surface area contributed by atoms with Gasteiger partial charge in [0, 0.05) is 0 Å². The maximum atomic E-state index is 9.56. The molecule has 0 fully saturated rings. The van der Waals surface area contributed by atoms with Crippen LogP contribution >= 0.6 is 0 Å². The van der Waals surface area contributed by atoms with Crippen molar-refractivity contribution in [3.63, 3.8) is 0 Å². The van der Waals surface area contributed by atoms with Crippen LogP contribution in [0.1, 0.15) is 6.92 Å². The first kappa shape index (κ1) is 8.16. The van der Waals surface area contributed by atoms with E-state index in [1.165, 1.54) is 0 Å². The largest absolute Gasteiger partial charge is 0.330 e. The molecule has 54 valence electrons. The summed E-state index contributed by atoms with van der Waals surface area (Å²) in [6, 6.07) is 0. The molecule has 9 heavy (non-hydrogen) atoms. The molecule has 0 aromatic heterocycles. The summed E-state index contributed by atoms with van der Waals surface area (Å²) in [6.45, 7) is 2.28. The van der Waals surface area contributed by atoms with Crippen molar-refractivity contribution >= 4 is 0 Å². The van der Waals surface area contributed by atoms with Gasteiger partial charge in [0.2, 0.25) is 0 Å². The fraction of sp³-hybridized carbons (Fsp3) is 1.00. The Morgan fingerprint density at radius 2 is 2.44 bits per heavy atom. The van der Waals surface area contributed by atoms with E-state index in [0.29, 0.717) is 6.54 Å². The second-order valence-electron chi connectivity index (χ2n) is 1.86. The number of rotatable bonds is 4. The lowest BCUT2D eigenvalue weighted by Gasteiger charge is -2.03. The van der Waals surface area contributed by atoms with Crippen molar-refractivity contribution in [2.24, 2.45) is 11.7 Å². The van der Waals surface area contributed by atoms with Crippen molar-refractivity contribution < 1.29 is 9.92 Å². The summed E-state index contributed by atoms with van der Waals surface area (Å²) in [5.74, 6) is 0.0513. The van der Waals surface area contributed by atoms with Crippen LogP contribution in [0.2, 0.25) is 0 Å². The number of hydrogen-bond donors (Lipinski definition) is 1. The van der Waals surface area contributed by atoms with Crippen LogP contribution in [-0.2, 0) is 4.84 Å². The van der Waals surface area contributed by atoms with E-state index in [1.54, 1.807) is 6.92 Å². The molecule has 0 bridgehead atoms. The van der Waals surface area contributed by atoms with E-state index < -0.39 is 5.09 Å². The molecule has 1 unspecified atom stereocenters. The Kier molecular flexibility index (Phi) is 3.70. The highest BCUT2D eigenvalue weighted by Crippen LogP contribution is 1.90. The van der Waals surface area contributed by atoms with E-state index in [-0.39, 0.29) is 12.5 Å². The standard InChI is InChI=1S/C4H10N2O3/c1-4(2-5)3-9-6(7)8/h4H,2-3,5H2,1H3. The Labute approximate surface area is 52.9 Å². The normalized spacial score (nSPS) is 12.7. The third kappa shape index (κ3) is 5.02. The van der Waals surface area contributed by atoms with Crippen molar-refractivity contribution in [3.8, 4) is 0 Å². The summed E-state index contributed by atoms with van der Waals surface area (Å²) in [7, 11) is 0. The van der Waals surface area contributed by atoms with Gasteiger partial charge in [0.25, 0.3) is 5.09 Å². The summed E-state index contributed by atoms with van der Waals surface area (Å²) < 4.78 is 0. The molecule has 0 heterocycles. The molecule has 0 rings (SSSR count). The maximum absolute atomic E-state index is 9.56. The minimum Gasteiger partial charge on any atom is -0.330 e. The molecule has 0 saturated carbocycles. The SMILES string of the molecule is CC(CN)CO[N+](=O)[O-]. The molecule has 5 heteroatoms. The summed E-state index contributed by atoms with van der Waals surface area (Å²) >= 11 is 0. The van der Waals surface area contributed by atoms with Gasteiger partial charge in [-0.25, -0.2) is 0 Å². The van der Waals surface area contributed by atoms with Gasteiger partial charge >= 0.3 is 0 Å². The number of nitrogens with zero attached hydrogens (tertiary/aromatic N) is 1. The van der Waals surface area contributed by atoms with Crippen molar-refractivity contribution in [2.45, 2.75) is 6.92 Å². The third-order valence-electron chi connectivity index (χ3n) is 0.867. The van der Waals surface area contributed by atoms with E-state index in [0.717, 1.165) is 0 Å². The minimum atomic E-state index is -0.813. The first-order valence-electron chi connectivity index (χ1n) is 2.64. The number of hydrogen-bond acceptors (Lipinski definition) is 4. The molecule has 0 aliphatic heterocycles. The highest BCUT2D eigenvalue weighted by atomic mass is 16.9. The Bertz CT molecular complexity index is 95.8. The second kappa shape index (κ2) is 4.08. The predicted octanol–water partition coefficient (Wildman–Crippen LogP) is -0.210. The predicted molar refractivity (Wildman–Crippen MR) is 31.2 cm³/mol. The average molecular weight is 134 g/mol. The van der Waals surface area contributed by atoms with Gasteiger partial charge in [0.1, 0.15) is 6.61 Å². The van der Waals surface area contributed by atoms with E-state index >= 15 is 0 Å². The van der Waals surface area contributed by atoms with Crippen LogP contribution in [0, 0.1) is 16.0 Å². The van der Waals surface area contributed by atoms with Gasteiger partial charge in [-0.1, -0.05) is 6.92 Å². The van der Waals surface area contributed by atoms with Crippen LogP contribution in [0.5, 0.6) is 0 Å². The van der Waals surface area contributed by atoms with Crippen LogP contribution in [0.4, 0.5) is 0 Å². The molecule has 2 N–H and O–H groups in total. The molecule has 0 spiro atoms. The molecule has 0 amide bonds. The molecule has 0 aliphatic rings. The Morgan fingerprint density at radius 3 is 2.78 bits per heavy atom. The molecular weight excluding hydrogens is 124 g/mol. The van der Waals surface area contributed by atoms with Crippen LogP contribution in [0.15, 0.2) is 0 Å². The van der Waals surface area contributed by atoms with Gasteiger partial charge in [-0.2, -0.15) is 0 Å². The molecule has 0 aromatic rings. The van der Waals surface area contributed by atoms with E-state index in [9.17, 15) is 10.1 Å². The Hall–Kier alpha value is -0.840. The monoisotopic (exact) mass is 134 g/mol. The molecular formula is C4H10N2O3. The third-order valence-corrected chi connectivity index (χ3v) is 0.867. The molecule has 5 nitrogen and oxygen atoms in total. The first-order valence-corrected chi connectivity index (χ1v) is 2.64. The molecule has 0 saturated heterocycles. The summed E-state index contributed by atoms with van der Waals surface area (Å²) in [4.78, 5) is 13.6. The van der Waals surface area contributed by atoms with Gasteiger partial charge in [-0.15, -0.1) is 10.1 Å². The van der Waals surface area contributed by atoms with Crippen molar-refractivity contribution in [3.05, 3.63) is 10.1 Å². The van der Waals surface area contributed by atoms with Gasteiger partial charge < -0.3 is 10.6 Å². The van der Waals surface area contributed by atoms with Crippen molar-refractivity contribution in [1.29, 1.82) is 0 Å². The Morgan fingerprint density at radius 1 is 1.89 bits per heavy atom. The summed E-state index contributed by atoms with van der Waals surface area (Å²) in [5.41, 5.74) is 5.16. The van der Waals surface area contributed by atoms with Gasteiger partial charge in [-0.3, -0.25) is 0 Å². The van der Waals surface area contributed by atoms with Crippen molar-refractivity contribution in [1.82, 2.24) is 0 Å². The zero-order chi connectivity index (χ0) is 7.28. The molecule has 0 radical (unpaired) electrons. The summed E-state index contributed by atoms with van der Waals surface area (Å²) in [6.07, 6.45) is 0. The maximum Gasteiger partial charge on any atom is 0.294 e. The topological polar surface area (TPSA) is 78.4 Å². The van der Waals surface area contributed by atoms with Crippen molar-refractivity contribution in [2.75, 3.05) is 13.2 Å². The zero-order valence-electron chi connectivity index (χ0n) is 5.24. The summed E-state index contributed by atoms with van der Waals surface area (Å²) in [5, 5.41) is 8.75. The van der Waals surface area contributed by atoms with Crippen LogP contribution < -0.4 is 5.73 Å². The fourth-order valence-corrected chi connectivity index (χ4v) is 0.256. The minimum absolute atomic E-state index is 0.0513. The molecule has 1 atom stereocenters. The van der Waals surface area contributed by atoms with Gasteiger partial charge in [0.15, 0.2) is 0 Å². The van der Waals surface area contributed by atoms with E-state index in [4.69, 9.17) is 5.73 Å². The van der Waals surface area contributed by atoms with Crippen LogP contribution in [0.25, 0.3) is 0 Å². The van der Waals surface area contributed by atoms with Gasteiger partial charge in [-0.05, 0) is 12.5 Å². The molecule has 0 aromatic carbocycles. The quantitative estimate of drug-likeness (QED) is 0.426. The highest BCUT2D eigenvalue weighted by molar-refractivity contribution is 4.47. The lowest BCUT2D eigenvalue weighted by atomic mass is 10.2. The van der Waals surface area contributed by atoms with Crippen LogP contribution in [-0.4, -0.2) is 18.2 Å². The average Bonchev–Trinajstić information content (AvgIpc) is 1.83. The van der Waals surface area contributed by atoms with E-state index in [1.807, 2.05) is 0 Å². The zero-order valence-corrected chi connectivity index (χ0v) is 5.24. The smallest absolute Gasteiger partial charge is 0.294 e. The first-order chi connectivity index (χ1) is 4.16.